The molecule has 0 aromatic rings. The van der Waals surface area contributed by atoms with Gasteiger partial charge in [0.25, 0.3) is 0 Å². The summed E-state index contributed by atoms with van der Waals surface area (Å²) in [6, 6.07) is 0. The van der Waals surface area contributed by atoms with Crippen molar-refractivity contribution in [3.63, 3.8) is 0 Å². The SMILES string of the molecule is CN/C=C(/C)C(=N)F. The van der Waals surface area contributed by atoms with Gasteiger partial charge in [0, 0.05) is 18.8 Å². The quantitative estimate of drug-likeness (QED) is 0.520. The van der Waals surface area contributed by atoms with Crippen molar-refractivity contribution in [2.45, 2.75) is 6.92 Å². The van der Waals surface area contributed by atoms with Crippen molar-refractivity contribution in [1.29, 1.82) is 5.41 Å². The minimum Gasteiger partial charge on any atom is -0.394 e. The Hall–Kier alpha value is -0.860. The normalized spacial score (nSPS) is 11.1. The molecule has 0 amide bonds. The first-order valence-electron chi connectivity index (χ1n) is 2.27. The van der Waals surface area contributed by atoms with Crippen LogP contribution in [0.2, 0.25) is 0 Å². The van der Waals surface area contributed by atoms with E-state index in [1.54, 1.807) is 7.05 Å². The van der Waals surface area contributed by atoms with Crippen LogP contribution in [0.15, 0.2) is 11.8 Å². The third-order valence-corrected chi connectivity index (χ3v) is 0.707. The van der Waals surface area contributed by atoms with E-state index < -0.39 is 5.97 Å². The van der Waals surface area contributed by atoms with Crippen LogP contribution >= 0.6 is 0 Å². The summed E-state index contributed by atoms with van der Waals surface area (Å²) in [7, 11) is 1.66. The first-order chi connectivity index (χ1) is 3.68. The van der Waals surface area contributed by atoms with Gasteiger partial charge in [0.1, 0.15) is 0 Å². The predicted molar refractivity (Wildman–Crippen MR) is 31.7 cm³/mol. The Kier molecular flexibility index (Phi) is 2.84. The molecule has 0 spiro atoms. The number of hydrogen-bond acceptors (Lipinski definition) is 2. The average Bonchev–Trinajstić information content (AvgIpc) is 1.67. The van der Waals surface area contributed by atoms with Crippen LogP contribution in [-0.4, -0.2) is 13.0 Å². The highest BCUT2D eigenvalue weighted by atomic mass is 19.1. The second-order valence-electron chi connectivity index (χ2n) is 1.43. The van der Waals surface area contributed by atoms with Gasteiger partial charge in [0.2, 0.25) is 5.97 Å². The molecule has 0 unspecified atom stereocenters. The van der Waals surface area contributed by atoms with E-state index in [0.717, 1.165) is 0 Å². The summed E-state index contributed by atoms with van der Waals surface area (Å²) >= 11 is 0. The molecule has 0 aromatic carbocycles. The second kappa shape index (κ2) is 3.18. The molecule has 0 radical (unpaired) electrons. The van der Waals surface area contributed by atoms with Gasteiger partial charge in [-0.05, 0) is 6.92 Å². The molecule has 0 heterocycles. The first kappa shape index (κ1) is 7.14. The Morgan fingerprint density at radius 2 is 2.25 bits per heavy atom. The van der Waals surface area contributed by atoms with Crippen LogP contribution in [0, 0.1) is 5.41 Å². The third kappa shape index (κ3) is 2.34. The highest BCUT2D eigenvalue weighted by Crippen LogP contribution is 1.91. The summed E-state index contributed by atoms with van der Waals surface area (Å²) in [5, 5.41) is 9.03. The Bertz CT molecular complexity index is 118. The number of nitrogens with one attached hydrogen (secondary N) is 2. The van der Waals surface area contributed by atoms with Crippen molar-refractivity contribution >= 4 is 5.97 Å². The molecule has 0 saturated carbocycles. The van der Waals surface area contributed by atoms with Gasteiger partial charge >= 0.3 is 0 Å². The topological polar surface area (TPSA) is 35.9 Å². The lowest BCUT2D eigenvalue weighted by molar-refractivity contribution is 0.791. The van der Waals surface area contributed by atoms with E-state index in [4.69, 9.17) is 5.41 Å². The number of hydrogen-bond donors (Lipinski definition) is 2. The predicted octanol–water partition coefficient (Wildman–Crippen LogP) is 1.06. The molecule has 0 bridgehead atoms. The second-order valence-corrected chi connectivity index (χ2v) is 1.43. The molecule has 0 aliphatic carbocycles. The molecule has 3 heteroatoms. The summed E-state index contributed by atoms with van der Waals surface area (Å²) in [5.41, 5.74) is 0.313. The lowest BCUT2D eigenvalue weighted by Gasteiger charge is -1.90. The molecule has 0 rings (SSSR count). The van der Waals surface area contributed by atoms with Crippen LogP contribution in [0.4, 0.5) is 4.39 Å². The van der Waals surface area contributed by atoms with Gasteiger partial charge in [0.15, 0.2) is 0 Å². The van der Waals surface area contributed by atoms with Gasteiger partial charge < -0.3 is 5.32 Å². The van der Waals surface area contributed by atoms with E-state index in [1.165, 1.54) is 13.1 Å². The zero-order valence-corrected chi connectivity index (χ0v) is 4.96. The monoisotopic (exact) mass is 116 g/mol. The summed E-state index contributed by atoms with van der Waals surface area (Å²) in [5.74, 6) is -0.889. The Balaban J connectivity index is 3.80. The van der Waals surface area contributed by atoms with Crippen molar-refractivity contribution in [2.24, 2.45) is 0 Å². The summed E-state index contributed by atoms with van der Waals surface area (Å²) in [6.45, 7) is 1.53. The molecular formula is C5H9FN2. The Morgan fingerprint density at radius 1 is 1.75 bits per heavy atom. The van der Waals surface area contributed by atoms with Crippen LogP contribution in [0.1, 0.15) is 6.92 Å². The van der Waals surface area contributed by atoms with E-state index in [-0.39, 0.29) is 0 Å². The van der Waals surface area contributed by atoms with Gasteiger partial charge in [-0.1, -0.05) is 0 Å². The van der Waals surface area contributed by atoms with Gasteiger partial charge in [-0.25, -0.2) is 0 Å². The molecule has 0 atom stereocenters. The van der Waals surface area contributed by atoms with Gasteiger partial charge in [-0.2, -0.15) is 4.39 Å². The molecule has 0 aliphatic rings. The molecule has 0 aromatic heterocycles. The first-order valence-corrected chi connectivity index (χ1v) is 2.27. The highest BCUT2D eigenvalue weighted by Gasteiger charge is 1.91. The van der Waals surface area contributed by atoms with Crippen molar-refractivity contribution < 1.29 is 4.39 Å². The summed E-state index contributed by atoms with van der Waals surface area (Å²) in [4.78, 5) is 0. The molecule has 0 fully saturated rings. The molecule has 0 aliphatic heterocycles. The van der Waals surface area contributed by atoms with Crippen LogP contribution in [0.25, 0.3) is 0 Å². The van der Waals surface area contributed by atoms with Crippen LogP contribution in [0.3, 0.4) is 0 Å². The molecular weight excluding hydrogens is 107 g/mol. The van der Waals surface area contributed by atoms with Gasteiger partial charge in [0.05, 0.1) is 0 Å². The zero-order chi connectivity index (χ0) is 6.57. The lowest BCUT2D eigenvalue weighted by atomic mass is 10.3. The zero-order valence-electron chi connectivity index (χ0n) is 4.96. The fourth-order valence-electron chi connectivity index (χ4n) is 0.280. The minimum absolute atomic E-state index is 0.313. The lowest BCUT2D eigenvalue weighted by Crippen LogP contribution is -1.98. The van der Waals surface area contributed by atoms with E-state index >= 15 is 0 Å². The maximum Gasteiger partial charge on any atom is 0.209 e. The third-order valence-electron chi connectivity index (χ3n) is 0.707. The molecule has 2 nitrogen and oxygen atoms in total. The standard InChI is InChI=1S/C5H9FN2/c1-4(3-8-2)5(6)7/h3,7-8H,1-2H3/b4-3-,7-5?. The number of rotatable bonds is 2. The average molecular weight is 116 g/mol. The molecule has 0 saturated heterocycles. The van der Waals surface area contributed by atoms with Crippen LogP contribution in [-0.2, 0) is 0 Å². The maximum atomic E-state index is 11.8. The minimum atomic E-state index is -0.889. The maximum absolute atomic E-state index is 11.8. The van der Waals surface area contributed by atoms with Crippen molar-refractivity contribution in [2.75, 3.05) is 7.05 Å². The van der Waals surface area contributed by atoms with Crippen molar-refractivity contribution in [3.05, 3.63) is 11.8 Å². The summed E-state index contributed by atoms with van der Waals surface area (Å²) in [6.07, 6.45) is 1.43. The molecule has 8 heavy (non-hydrogen) atoms. The highest BCUT2D eigenvalue weighted by molar-refractivity contribution is 5.88. The van der Waals surface area contributed by atoms with E-state index in [1.807, 2.05) is 0 Å². The smallest absolute Gasteiger partial charge is 0.209 e. The van der Waals surface area contributed by atoms with Crippen molar-refractivity contribution in [1.82, 2.24) is 5.32 Å². The number of halogens is 1. The molecule has 2 N–H and O–H groups in total. The van der Waals surface area contributed by atoms with Gasteiger partial charge in [-0.3, -0.25) is 5.41 Å². The van der Waals surface area contributed by atoms with Crippen LogP contribution < -0.4 is 5.32 Å². The van der Waals surface area contributed by atoms with E-state index in [2.05, 4.69) is 5.32 Å². The largest absolute Gasteiger partial charge is 0.394 e. The molecule has 46 valence electrons. The van der Waals surface area contributed by atoms with Crippen molar-refractivity contribution in [3.8, 4) is 0 Å². The van der Waals surface area contributed by atoms with E-state index in [9.17, 15) is 4.39 Å². The number of allylic oxidation sites excluding steroid dienone is 1. The van der Waals surface area contributed by atoms with Gasteiger partial charge in [-0.15, -0.1) is 0 Å². The van der Waals surface area contributed by atoms with Crippen LogP contribution in [0.5, 0.6) is 0 Å². The summed E-state index contributed by atoms with van der Waals surface area (Å²) < 4.78 is 11.8. The Morgan fingerprint density at radius 3 is 2.38 bits per heavy atom. The Labute approximate surface area is 47.9 Å². The fraction of sp³-hybridized carbons (Fsp3) is 0.400. The van der Waals surface area contributed by atoms with E-state index in [0.29, 0.717) is 5.57 Å². The fourth-order valence-corrected chi connectivity index (χ4v) is 0.280.